The molecule has 0 bridgehead atoms. The number of aliphatic imine (C=N–C) groups is 1. The van der Waals surface area contributed by atoms with Crippen LogP contribution in [0, 0.1) is 11.8 Å². The smallest absolute Gasteiger partial charge is 0.131 e. The second kappa shape index (κ2) is 6.20. The van der Waals surface area contributed by atoms with Crippen molar-refractivity contribution in [2.24, 2.45) is 4.99 Å². The quantitative estimate of drug-likeness (QED) is 0.668. The number of pyridine rings is 1. The minimum absolute atomic E-state index is 0.0248. The highest BCUT2D eigenvalue weighted by Gasteiger charge is 2.25. The number of nitrogens with zero attached hydrogens (tertiary/aromatic N) is 2. The second-order valence-corrected chi connectivity index (χ2v) is 7.10. The van der Waals surface area contributed by atoms with Crippen LogP contribution >= 0.6 is 0 Å². The van der Waals surface area contributed by atoms with Crippen LogP contribution in [0.5, 0.6) is 0 Å². The minimum Gasteiger partial charge on any atom is -0.383 e. The third-order valence-corrected chi connectivity index (χ3v) is 4.42. The van der Waals surface area contributed by atoms with Crippen LogP contribution in [0.3, 0.4) is 0 Å². The van der Waals surface area contributed by atoms with Crippen LogP contribution in [0.4, 0.5) is 5.82 Å². The molecule has 0 amide bonds. The van der Waals surface area contributed by atoms with Crippen molar-refractivity contribution in [1.82, 2.24) is 10.3 Å². The van der Waals surface area contributed by atoms with E-state index in [-0.39, 0.29) is 5.54 Å². The van der Waals surface area contributed by atoms with E-state index in [9.17, 15) is 0 Å². The largest absolute Gasteiger partial charge is 0.383 e. The van der Waals surface area contributed by atoms with Gasteiger partial charge < -0.3 is 11.1 Å². The van der Waals surface area contributed by atoms with E-state index in [1.807, 2.05) is 36.4 Å². The fourth-order valence-electron chi connectivity index (χ4n) is 3.00. The van der Waals surface area contributed by atoms with Gasteiger partial charge in [-0.05, 0) is 26.0 Å². The molecule has 0 saturated carbocycles. The Hall–Kier alpha value is -3.32. The molecule has 3 aromatic rings. The van der Waals surface area contributed by atoms with E-state index >= 15 is 0 Å². The van der Waals surface area contributed by atoms with Gasteiger partial charge in [-0.1, -0.05) is 48.2 Å². The number of hydrogen-bond donors (Lipinski definition) is 2. The van der Waals surface area contributed by atoms with Crippen molar-refractivity contribution in [3.8, 4) is 11.8 Å². The Labute approximate surface area is 153 Å². The summed E-state index contributed by atoms with van der Waals surface area (Å²) in [5.41, 5.74) is 8.89. The Morgan fingerprint density at radius 1 is 1.00 bits per heavy atom. The number of nitrogen functional groups attached to an aromatic ring is 1. The van der Waals surface area contributed by atoms with Crippen LogP contribution < -0.4 is 11.1 Å². The molecule has 2 heterocycles. The highest BCUT2D eigenvalue weighted by molar-refractivity contribution is 6.00. The molecule has 0 saturated heterocycles. The summed E-state index contributed by atoms with van der Waals surface area (Å²) in [6.07, 6.45) is 1.73. The van der Waals surface area contributed by atoms with Gasteiger partial charge in [0.05, 0.1) is 17.6 Å². The molecule has 0 unspecified atom stereocenters. The normalized spacial score (nSPS) is 15.1. The topological polar surface area (TPSA) is 63.3 Å². The lowest BCUT2D eigenvalue weighted by Gasteiger charge is -2.18. The maximum absolute atomic E-state index is 5.95. The predicted octanol–water partition coefficient (Wildman–Crippen LogP) is 3.35. The molecule has 1 aliphatic rings. The molecule has 1 aromatic heterocycles. The van der Waals surface area contributed by atoms with Gasteiger partial charge in [-0.15, -0.1) is 0 Å². The Morgan fingerprint density at radius 3 is 2.42 bits per heavy atom. The number of rotatable bonds is 1. The van der Waals surface area contributed by atoms with Gasteiger partial charge in [-0.25, -0.2) is 4.98 Å². The molecule has 128 valence electrons. The van der Waals surface area contributed by atoms with E-state index < -0.39 is 0 Å². The van der Waals surface area contributed by atoms with Gasteiger partial charge >= 0.3 is 0 Å². The molecule has 2 aromatic carbocycles. The number of anilines is 1. The molecule has 4 nitrogen and oxygen atoms in total. The first-order valence-electron chi connectivity index (χ1n) is 8.60. The zero-order valence-electron chi connectivity index (χ0n) is 14.9. The first-order chi connectivity index (χ1) is 12.5. The standard InChI is InChI=1S/C22H20N4/c1-22(2)14-25-21(26-22)16-10-7-15(8-11-16)9-12-17-13-24-20(23)19-6-4-3-5-18(17)19/h3-8,10-11,13H,14H2,1-2H3,(H2,23,24)(H,25,26). The molecule has 0 fully saturated rings. The van der Waals surface area contributed by atoms with Crippen molar-refractivity contribution >= 4 is 22.4 Å². The maximum Gasteiger partial charge on any atom is 0.131 e. The summed E-state index contributed by atoms with van der Waals surface area (Å²) in [5, 5.41) is 5.40. The number of aromatic nitrogens is 1. The molecular formula is C22H20N4. The minimum atomic E-state index is 0.0248. The Morgan fingerprint density at radius 2 is 1.73 bits per heavy atom. The van der Waals surface area contributed by atoms with Crippen molar-refractivity contribution in [1.29, 1.82) is 0 Å². The van der Waals surface area contributed by atoms with Crippen LogP contribution in [0.15, 0.2) is 59.7 Å². The van der Waals surface area contributed by atoms with E-state index in [0.717, 1.165) is 39.8 Å². The van der Waals surface area contributed by atoms with E-state index in [2.05, 4.69) is 53.1 Å². The summed E-state index contributed by atoms with van der Waals surface area (Å²) in [4.78, 5) is 8.82. The number of nitrogens with one attached hydrogen (secondary N) is 1. The van der Waals surface area contributed by atoms with Crippen molar-refractivity contribution < 1.29 is 0 Å². The number of amidine groups is 1. The van der Waals surface area contributed by atoms with E-state index in [4.69, 9.17) is 5.73 Å². The number of fused-ring (bicyclic) bond motifs is 1. The fraction of sp³-hybridized carbons (Fsp3) is 0.182. The maximum atomic E-state index is 5.95. The number of benzene rings is 2. The van der Waals surface area contributed by atoms with Crippen molar-refractivity contribution in [2.75, 3.05) is 12.3 Å². The van der Waals surface area contributed by atoms with Gasteiger partial charge in [0.1, 0.15) is 11.7 Å². The molecule has 0 aliphatic carbocycles. The number of hydrogen-bond acceptors (Lipinski definition) is 4. The molecule has 3 N–H and O–H groups in total. The summed E-state index contributed by atoms with van der Waals surface area (Å²) >= 11 is 0. The molecule has 0 spiro atoms. The summed E-state index contributed by atoms with van der Waals surface area (Å²) in [5.74, 6) is 7.91. The van der Waals surface area contributed by atoms with Gasteiger partial charge in [0.25, 0.3) is 0 Å². The first-order valence-corrected chi connectivity index (χ1v) is 8.60. The summed E-state index contributed by atoms with van der Waals surface area (Å²) in [6.45, 7) is 5.09. The van der Waals surface area contributed by atoms with Gasteiger partial charge in [0.15, 0.2) is 0 Å². The zero-order chi connectivity index (χ0) is 18.1. The third-order valence-electron chi connectivity index (χ3n) is 4.42. The summed E-state index contributed by atoms with van der Waals surface area (Å²) < 4.78 is 0. The predicted molar refractivity (Wildman–Crippen MR) is 107 cm³/mol. The van der Waals surface area contributed by atoms with Gasteiger partial charge in [-0.3, -0.25) is 4.99 Å². The van der Waals surface area contributed by atoms with Crippen molar-refractivity contribution in [3.63, 3.8) is 0 Å². The Bertz CT molecular complexity index is 1070. The molecule has 0 atom stereocenters. The van der Waals surface area contributed by atoms with E-state index in [0.29, 0.717) is 5.82 Å². The number of nitrogens with two attached hydrogens (primary N) is 1. The average Bonchev–Trinajstić information content (AvgIpc) is 3.02. The van der Waals surface area contributed by atoms with Crippen LogP contribution in [0.1, 0.15) is 30.5 Å². The molecule has 4 heteroatoms. The van der Waals surface area contributed by atoms with Crippen LogP contribution in [0.25, 0.3) is 10.8 Å². The zero-order valence-corrected chi connectivity index (χ0v) is 14.9. The van der Waals surface area contributed by atoms with E-state index in [1.54, 1.807) is 6.20 Å². The van der Waals surface area contributed by atoms with Gasteiger partial charge in [-0.2, -0.15) is 0 Å². The average molecular weight is 340 g/mol. The molecular weight excluding hydrogens is 320 g/mol. The van der Waals surface area contributed by atoms with Gasteiger partial charge in [0, 0.05) is 28.1 Å². The van der Waals surface area contributed by atoms with E-state index in [1.165, 1.54) is 0 Å². The monoisotopic (exact) mass is 340 g/mol. The van der Waals surface area contributed by atoms with Crippen LogP contribution in [-0.2, 0) is 0 Å². The SMILES string of the molecule is CC1(C)CN=C(c2ccc(C#Cc3cnc(N)c4ccccc34)cc2)N1. The van der Waals surface area contributed by atoms with Gasteiger partial charge in [0.2, 0.25) is 0 Å². The summed E-state index contributed by atoms with van der Waals surface area (Å²) in [6, 6.07) is 16.1. The molecule has 0 radical (unpaired) electrons. The van der Waals surface area contributed by atoms with Crippen molar-refractivity contribution in [2.45, 2.75) is 19.4 Å². The molecule has 26 heavy (non-hydrogen) atoms. The van der Waals surface area contributed by atoms with Crippen LogP contribution in [-0.4, -0.2) is 22.9 Å². The lowest BCUT2D eigenvalue weighted by atomic mass is 10.1. The Balaban J connectivity index is 1.61. The Kier molecular flexibility index (Phi) is 3.85. The first kappa shape index (κ1) is 16.2. The van der Waals surface area contributed by atoms with Crippen LogP contribution in [0.2, 0.25) is 0 Å². The highest BCUT2D eigenvalue weighted by Crippen LogP contribution is 2.21. The van der Waals surface area contributed by atoms with Crippen molar-refractivity contribution in [3.05, 3.63) is 71.4 Å². The lowest BCUT2D eigenvalue weighted by Crippen LogP contribution is -2.39. The molecule has 1 aliphatic heterocycles. The second-order valence-electron chi connectivity index (χ2n) is 7.10. The third kappa shape index (κ3) is 3.12. The summed E-state index contributed by atoms with van der Waals surface area (Å²) in [7, 11) is 0. The highest BCUT2D eigenvalue weighted by atomic mass is 15.1. The fourth-order valence-corrected chi connectivity index (χ4v) is 3.00. The molecule has 4 rings (SSSR count). The lowest BCUT2D eigenvalue weighted by molar-refractivity contribution is 0.506.